The van der Waals surface area contributed by atoms with Crippen LogP contribution in [0.15, 0.2) is 0 Å². The molecular formula is C10H17NO2. The highest BCUT2D eigenvalue weighted by atomic mass is 16.5. The maximum absolute atomic E-state index is 11.6. The third kappa shape index (κ3) is 1.92. The maximum atomic E-state index is 11.6. The number of carbonyl (C=O) groups is 1. The van der Waals surface area contributed by atoms with Crippen LogP contribution in [0.4, 0.5) is 0 Å². The average Bonchev–Trinajstić information content (AvgIpc) is 2.46. The number of nitrogens with one attached hydrogen (secondary N) is 1. The van der Waals surface area contributed by atoms with E-state index in [-0.39, 0.29) is 5.92 Å². The second-order valence-electron chi connectivity index (χ2n) is 4.21. The van der Waals surface area contributed by atoms with Crippen LogP contribution in [0.3, 0.4) is 0 Å². The molecule has 0 saturated carbocycles. The molecule has 2 aliphatic heterocycles. The number of ether oxygens (including phenoxy) is 1. The molecule has 0 spiro atoms. The summed E-state index contributed by atoms with van der Waals surface area (Å²) < 4.78 is 4.88. The molecule has 13 heavy (non-hydrogen) atoms. The van der Waals surface area contributed by atoms with E-state index in [1.807, 2.05) is 0 Å². The summed E-state index contributed by atoms with van der Waals surface area (Å²) in [6, 6.07) is 1.20. The van der Waals surface area contributed by atoms with Crippen molar-refractivity contribution in [3.8, 4) is 0 Å². The predicted octanol–water partition coefficient (Wildman–Crippen LogP) is 0.732. The number of carbonyl (C=O) groups excluding carboxylic acids is 1. The summed E-state index contributed by atoms with van der Waals surface area (Å²) in [4.78, 5) is 11.6. The fraction of sp³-hybridized carbons (Fsp3) is 0.900. The minimum Gasteiger partial charge on any atom is -0.377 e. The normalized spacial score (nSPS) is 37.8. The van der Waals surface area contributed by atoms with Crippen molar-refractivity contribution in [3.63, 3.8) is 0 Å². The SMILES string of the molecule is COCC(=O)C1CC2CCC(C1)N2. The molecule has 0 radical (unpaired) electrons. The lowest BCUT2D eigenvalue weighted by molar-refractivity contribution is -0.127. The molecule has 0 aromatic rings. The fourth-order valence-electron chi connectivity index (χ4n) is 2.58. The molecule has 0 aromatic heterocycles. The van der Waals surface area contributed by atoms with Crippen LogP contribution in [0, 0.1) is 5.92 Å². The van der Waals surface area contributed by atoms with Gasteiger partial charge in [-0.3, -0.25) is 4.79 Å². The van der Waals surface area contributed by atoms with Crippen LogP contribution >= 0.6 is 0 Å². The Hall–Kier alpha value is -0.410. The van der Waals surface area contributed by atoms with Crippen molar-refractivity contribution in [3.05, 3.63) is 0 Å². The van der Waals surface area contributed by atoms with E-state index in [0.29, 0.717) is 24.5 Å². The summed E-state index contributed by atoms with van der Waals surface area (Å²) in [6.07, 6.45) is 4.56. The van der Waals surface area contributed by atoms with Crippen molar-refractivity contribution in [2.75, 3.05) is 13.7 Å². The van der Waals surface area contributed by atoms with Gasteiger partial charge in [0.2, 0.25) is 0 Å². The summed E-state index contributed by atoms with van der Waals surface area (Å²) in [7, 11) is 1.59. The Labute approximate surface area is 78.8 Å². The van der Waals surface area contributed by atoms with E-state index in [9.17, 15) is 4.79 Å². The monoisotopic (exact) mass is 183 g/mol. The van der Waals surface area contributed by atoms with Crippen LogP contribution in [-0.2, 0) is 9.53 Å². The largest absolute Gasteiger partial charge is 0.377 e. The maximum Gasteiger partial charge on any atom is 0.161 e. The molecule has 2 atom stereocenters. The minimum atomic E-state index is 0.263. The lowest BCUT2D eigenvalue weighted by Gasteiger charge is -2.27. The van der Waals surface area contributed by atoms with Gasteiger partial charge < -0.3 is 10.1 Å². The van der Waals surface area contributed by atoms with E-state index in [1.165, 1.54) is 12.8 Å². The van der Waals surface area contributed by atoms with Crippen molar-refractivity contribution < 1.29 is 9.53 Å². The molecule has 0 aliphatic carbocycles. The van der Waals surface area contributed by atoms with Gasteiger partial charge in [-0.25, -0.2) is 0 Å². The van der Waals surface area contributed by atoms with E-state index in [2.05, 4.69) is 5.32 Å². The van der Waals surface area contributed by atoms with Gasteiger partial charge in [-0.15, -0.1) is 0 Å². The van der Waals surface area contributed by atoms with Gasteiger partial charge in [0.25, 0.3) is 0 Å². The van der Waals surface area contributed by atoms with Crippen molar-refractivity contribution in [1.29, 1.82) is 0 Å². The number of fused-ring (bicyclic) bond motifs is 2. The smallest absolute Gasteiger partial charge is 0.161 e. The lowest BCUT2D eigenvalue weighted by atomic mass is 9.89. The first kappa shape index (κ1) is 9.16. The molecule has 74 valence electrons. The summed E-state index contributed by atoms with van der Waals surface area (Å²) >= 11 is 0. The highest BCUT2D eigenvalue weighted by Gasteiger charge is 2.36. The average molecular weight is 183 g/mol. The molecule has 2 rings (SSSR count). The number of ketones is 1. The molecule has 0 amide bonds. The number of rotatable bonds is 3. The minimum absolute atomic E-state index is 0.263. The Bertz CT molecular complexity index is 193. The first-order valence-electron chi connectivity index (χ1n) is 5.07. The molecule has 2 heterocycles. The number of hydrogen-bond acceptors (Lipinski definition) is 3. The standard InChI is InChI=1S/C10H17NO2/c1-13-6-10(12)7-4-8-2-3-9(5-7)11-8/h7-9,11H,2-6H2,1H3. The third-order valence-electron chi connectivity index (χ3n) is 3.22. The molecule has 2 bridgehead atoms. The zero-order valence-electron chi connectivity index (χ0n) is 8.08. The van der Waals surface area contributed by atoms with Gasteiger partial charge in [0, 0.05) is 25.1 Å². The predicted molar refractivity (Wildman–Crippen MR) is 49.6 cm³/mol. The van der Waals surface area contributed by atoms with Gasteiger partial charge >= 0.3 is 0 Å². The molecule has 2 fully saturated rings. The molecule has 2 unspecified atom stereocenters. The van der Waals surface area contributed by atoms with Crippen LogP contribution < -0.4 is 5.32 Å². The van der Waals surface area contributed by atoms with Gasteiger partial charge in [0.15, 0.2) is 5.78 Å². The highest BCUT2D eigenvalue weighted by Crippen LogP contribution is 2.31. The van der Waals surface area contributed by atoms with Crippen LogP contribution in [-0.4, -0.2) is 31.6 Å². The van der Waals surface area contributed by atoms with Crippen molar-refractivity contribution in [2.24, 2.45) is 5.92 Å². The second kappa shape index (κ2) is 3.76. The Kier molecular flexibility index (Phi) is 2.65. The van der Waals surface area contributed by atoms with Gasteiger partial charge in [0.1, 0.15) is 6.61 Å². The molecule has 2 aliphatic rings. The lowest BCUT2D eigenvalue weighted by Crippen LogP contribution is -2.41. The number of Topliss-reactive ketones (excluding diaryl/α,β-unsaturated/α-hetero) is 1. The van der Waals surface area contributed by atoms with Crippen LogP contribution in [0.1, 0.15) is 25.7 Å². The quantitative estimate of drug-likeness (QED) is 0.701. The first-order chi connectivity index (χ1) is 6.29. The van der Waals surface area contributed by atoms with E-state index in [0.717, 1.165) is 12.8 Å². The molecule has 2 saturated heterocycles. The first-order valence-corrected chi connectivity index (χ1v) is 5.07. The van der Waals surface area contributed by atoms with Crippen molar-refractivity contribution in [1.82, 2.24) is 5.32 Å². The van der Waals surface area contributed by atoms with Crippen LogP contribution in [0.2, 0.25) is 0 Å². The second-order valence-corrected chi connectivity index (χ2v) is 4.21. The zero-order valence-corrected chi connectivity index (χ0v) is 8.08. The summed E-state index contributed by atoms with van der Waals surface area (Å²) in [5, 5.41) is 3.52. The third-order valence-corrected chi connectivity index (χ3v) is 3.22. The van der Waals surface area contributed by atoms with E-state index >= 15 is 0 Å². The number of methoxy groups -OCH3 is 1. The van der Waals surface area contributed by atoms with E-state index < -0.39 is 0 Å². The van der Waals surface area contributed by atoms with E-state index in [1.54, 1.807) is 7.11 Å². The summed E-state index contributed by atoms with van der Waals surface area (Å²) in [5.74, 6) is 0.555. The Balaban J connectivity index is 1.91. The van der Waals surface area contributed by atoms with Crippen LogP contribution in [0.25, 0.3) is 0 Å². The Morgan fingerprint density at radius 3 is 2.54 bits per heavy atom. The zero-order chi connectivity index (χ0) is 9.26. The molecule has 3 heteroatoms. The van der Waals surface area contributed by atoms with Crippen molar-refractivity contribution >= 4 is 5.78 Å². The summed E-state index contributed by atoms with van der Waals surface area (Å²) in [5.41, 5.74) is 0. The number of hydrogen-bond donors (Lipinski definition) is 1. The van der Waals surface area contributed by atoms with Crippen LogP contribution in [0.5, 0.6) is 0 Å². The van der Waals surface area contributed by atoms with Gasteiger partial charge in [-0.1, -0.05) is 0 Å². The van der Waals surface area contributed by atoms with Gasteiger partial charge in [0.05, 0.1) is 0 Å². The topological polar surface area (TPSA) is 38.3 Å². The van der Waals surface area contributed by atoms with Crippen molar-refractivity contribution in [2.45, 2.75) is 37.8 Å². The Morgan fingerprint density at radius 2 is 2.00 bits per heavy atom. The fourth-order valence-corrected chi connectivity index (χ4v) is 2.58. The molecule has 3 nitrogen and oxygen atoms in total. The highest BCUT2D eigenvalue weighted by molar-refractivity contribution is 5.82. The molecule has 1 N–H and O–H groups in total. The molecule has 0 aromatic carbocycles. The number of piperidine rings is 1. The van der Waals surface area contributed by atoms with Gasteiger partial charge in [-0.05, 0) is 25.7 Å². The van der Waals surface area contributed by atoms with E-state index in [4.69, 9.17) is 4.74 Å². The summed E-state index contributed by atoms with van der Waals surface area (Å²) in [6.45, 7) is 0.296. The van der Waals surface area contributed by atoms with Gasteiger partial charge in [-0.2, -0.15) is 0 Å². The Morgan fingerprint density at radius 1 is 1.38 bits per heavy atom. The molecular weight excluding hydrogens is 166 g/mol.